The van der Waals surface area contributed by atoms with Crippen molar-refractivity contribution in [2.45, 2.75) is 26.5 Å². The fourth-order valence-electron chi connectivity index (χ4n) is 2.32. The average molecular weight is 347 g/mol. The standard InChI is InChI=1S/C19H23F2N3O/c1-2-22-19(23-13-12-15-8-4-3-5-9-15)24-14-16-10-6-7-11-17(16)25-18(20)21/h3-11,18H,2,12-14H2,1H3,(H2,22,23,24). The van der Waals surface area contributed by atoms with Gasteiger partial charge in [-0.05, 0) is 25.0 Å². The highest BCUT2D eigenvalue weighted by Crippen LogP contribution is 2.20. The predicted molar refractivity (Wildman–Crippen MR) is 96.0 cm³/mol. The highest BCUT2D eigenvalue weighted by molar-refractivity contribution is 5.79. The van der Waals surface area contributed by atoms with E-state index in [1.165, 1.54) is 11.6 Å². The van der Waals surface area contributed by atoms with Crippen molar-refractivity contribution >= 4 is 5.96 Å². The third-order valence-electron chi connectivity index (χ3n) is 3.49. The molecule has 0 heterocycles. The molecule has 0 bridgehead atoms. The summed E-state index contributed by atoms with van der Waals surface area (Å²) in [6, 6.07) is 16.8. The molecule has 6 heteroatoms. The van der Waals surface area contributed by atoms with Crippen LogP contribution in [0.4, 0.5) is 8.78 Å². The Kier molecular flexibility index (Phi) is 7.69. The van der Waals surface area contributed by atoms with Gasteiger partial charge in [0.25, 0.3) is 0 Å². The number of alkyl halides is 2. The first-order valence-electron chi connectivity index (χ1n) is 8.28. The van der Waals surface area contributed by atoms with Crippen LogP contribution in [0.15, 0.2) is 59.6 Å². The molecular weight excluding hydrogens is 324 g/mol. The van der Waals surface area contributed by atoms with Crippen LogP contribution in [0.25, 0.3) is 0 Å². The van der Waals surface area contributed by atoms with Crippen LogP contribution in [-0.4, -0.2) is 25.7 Å². The lowest BCUT2D eigenvalue weighted by atomic mass is 10.1. The summed E-state index contributed by atoms with van der Waals surface area (Å²) >= 11 is 0. The van der Waals surface area contributed by atoms with Gasteiger partial charge >= 0.3 is 6.61 Å². The minimum atomic E-state index is -2.85. The molecule has 0 fully saturated rings. The van der Waals surface area contributed by atoms with Gasteiger partial charge in [0.2, 0.25) is 0 Å². The van der Waals surface area contributed by atoms with E-state index in [0.29, 0.717) is 18.1 Å². The Morgan fingerprint density at radius 3 is 2.48 bits per heavy atom. The Bertz CT molecular complexity index is 663. The zero-order chi connectivity index (χ0) is 17.9. The number of ether oxygens (including phenoxy) is 1. The summed E-state index contributed by atoms with van der Waals surface area (Å²) in [5.41, 5.74) is 1.85. The second-order valence-corrected chi connectivity index (χ2v) is 5.34. The predicted octanol–water partition coefficient (Wildman–Crippen LogP) is 3.59. The molecule has 2 aromatic carbocycles. The Labute approximate surface area is 146 Å². The van der Waals surface area contributed by atoms with Gasteiger partial charge in [-0.3, -0.25) is 0 Å². The zero-order valence-electron chi connectivity index (χ0n) is 14.2. The number of halogens is 2. The van der Waals surface area contributed by atoms with Crippen LogP contribution in [-0.2, 0) is 13.0 Å². The largest absolute Gasteiger partial charge is 0.434 e. The molecule has 0 aliphatic rings. The first kappa shape index (κ1) is 18.7. The van der Waals surface area contributed by atoms with Crippen LogP contribution in [0.1, 0.15) is 18.1 Å². The molecule has 0 atom stereocenters. The van der Waals surface area contributed by atoms with Crippen LogP contribution >= 0.6 is 0 Å². The number of benzene rings is 2. The van der Waals surface area contributed by atoms with Crippen molar-refractivity contribution < 1.29 is 13.5 Å². The van der Waals surface area contributed by atoms with Gasteiger partial charge in [-0.15, -0.1) is 0 Å². The summed E-state index contributed by atoms with van der Waals surface area (Å²) in [6.45, 7) is 0.825. The lowest BCUT2D eigenvalue weighted by molar-refractivity contribution is -0.0504. The minimum Gasteiger partial charge on any atom is -0.434 e. The molecule has 4 nitrogen and oxygen atoms in total. The molecular formula is C19H23F2N3O. The second-order valence-electron chi connectivity index (χ2n) is 5.34. The molecule has 2 N–H and O–H groups in total. The van der Waals surface area contributed by atoms with Crippen molar-refractivity contribution in [1.82, 2.24) is 10.6 Å². The average Bonchev–Trinajstić information content (AvgIpc) is 2.61. The summed E-state index contributed by atoms with van der Waals surface area (Å²) in [6.07, 6.45) is 0.871. The van der Waals surface area contributed by atoms with E-state index >= 15 is 0 Å². The van der Waals surface area contributed by atoms with E-state index in [9.17, 15) is 8.78 Å². The topological polar surface area (TPSA) is 45.7 Å². The van der Waals surface area contributed by atoms with Crippen LogP contribution in [0.5, 0.6) is 5.75 Å². The van der Waals surface area contributed by atoms with E-state index in [2.05, 4.69) is 32.5 Å². The van der Waals surface area contributed by atoms with Crippen molar-refractivity contribution in [2.75, 3.05) is 13.1 Å². The van der Waals surface area contributed by atoms with E-state index < -0.39 is 6.61 Å². The molecule has 25 heavy (non-hydrogen) atoms. The number of nitrogens with zero attached hydrogens (tertiary/aromatic N) is 1. The molecule has 0 unspecified atom stereocenters. The normalized spacial score (nSPS) is 11.4. The lowest BCUT2D eigenvalue weighted by Crippen LogP contribution is -2.38. The van der Waals surface area contributed by atoms with Crippen LogP contribution in [0, 0.1) is 0 Å². The summed E-state index contributed by atoms with van der Waals surface area (Å²) in [5.74, 6) is 0.798. The first-order chi connectivity index (χ1) is 12.2. The molecule has 0 radical (unpaired) electrons. The monoisotopic (exact) mass is 347 g/mol. The first-order valence-corrected chi connectivity index (χ1v) is 8.28. The van der Waals surface area contributed by atoms with Crippen molar-refractivity contribution in [3.8, 4) is 5.75 Å². The van der Waals surface area contributed by atoms with E-state index in [1.807, 2.05) is 25.1 Å². The van der Waals surface area contributed by atoms with Gasteiger partial charge in [0.1, 0.15) is 5.75 Å². The summed E-state index contributed by atoms with van der Waals surface area (Å²) in [4.78, 5) is 4.45. The molecule has 0 spiro atoms. The highest BCUT2D eigenvalue weighted by atomic mass is 19.3. The lowest BCUT2D eigenvalue weighted by Gasteiger charge is -2.12. The SMILES string of the molecule is CCNC(=NCc1ccccc1OC(F)F)NCCc1ccccc1. The van der Waals surface area contributed by atoms with E-state index in [-0.39, 0.29) is 12.3 Å². The van der Waals surface area contributed by atoms with Crippen molar-refractivity contribution in [2.24, 2.45) is 4.99 Å². The van der Waals surface area contributed by atoms with Gasteiger partial charge in [0, 0.05) is 18.7 Å². The summed E-state index contributed by atoms with van der Waals surface area (Å²) < 4.78 is 29.5. The number of rotatable bonds is 8. The zero-order valence-corrected chi connectivity index (χ0v) is 14.2. The van der Waals surface area contributed by atoms with Gasteiger partial charge in [0.15, 0.2) is 5.96 Å². The molecule has 0 aromatic heterocycles. The van der Waals surface area contributed by atoms with E-state index in [0.717, 1.165) is 13.0 Å². The molecule has 134 valence electrons. The summed E-state index contributed by atoms with van der Waals surface area (Å²) in [7, 11) is 0. The van der Waals surface area contributed by atoms with Crippen LogP contribution in [0.2, 0.25) is 0 Å². The van der Waals surface area contributed by atoms with Gasteiger partial charge in [-0.1, -0.05) is 48.5 Å². The molecule has 2 aromatic rings. The minimum absolute atomic E-state index is 0.154. The Morgan fingerprint density at radius 2 is 1.76 bits per heavy atom. The fraction of sp³-hybridized carbons (Fsp3) is 0.316. The van der Waals surface area contributed by atoms with Crippen LogP contribution < -0.4 is 15.4 Å². The third kappa shape index (κ3) is 6.79. The second kappa shape index (κ2) is 10.3. The van der Waals surface area contributed by atoms with Gasteiger partial charge in [-0.25, -0.2) is 4.99 Å². The Balaban J connectivity index is 1.95. The van der Waals surface area contributed by atoms with Crippen molar-refractivity contribution in [3.63, 3.8) is 0 Å². The van der Waals surface area contributed by atoms with Crippen molar-refractivity contribution in [1.29, 1.82) is 0 Å². The van der Waals surface area contributed by atoms with Gasteiger partial charge in [-0.2, -0.15) is 8.78 Å². The maximum atomic E-state index is 12.5. The van der Waals surface area contributed by atoms with Crippen LogP contribution in [0.3, 0.4) is 0 Å². The summed E-state index contributed by atoms with van der Waals surface area (Å²) in [5, 5.41) is 6.40. The van der Waals surface area contributed by atoms with Crippen molar-refractivity contribution in [3.05, 3.63) is 65.7 Å². The maximum Gasteiger partial charge on any atom is 0.387 e. The molecule has 0 saturated carbocycles. The smallest absolute Gasteiger partial charge is 0.387 e. The number of hydrogen-bond donors (Lipinski definition) is 2. The Hall–Kier alpha value is -2.63. The fourth-order valence-corrected chi connectivity index (χ4v) is 2.32. The molecule has 0 aliphatic heterocycles. The van der Waals surface area contributed by atoms with E-state index in [4.69, 9.17) is 0 Å². The molecule has 0 aliphatic carbocycles. The third-order valence-corrected chi connectivity index (χ3v) is 3.49. The highest BCUT2D eigenvalue weighted by Gasteiger charge is 2.08. The van der Waals surface area contributed by atoms with E-state index in [1.54, 1.807) is 18.2 Å². The maximum absolute atomic E-state index is 12.5. The molecule has 0 saturated heterocycles. The molecule has 2 rings (SSSR count). The number of nitrogens with one attached hydrogen (secondary N) is 2. The number of hydrogen-bond acceptors (Lipinski definition) is 2. The Morgan fingerprint density at radius 1 is 1.04 bits per heavy atom. The number of para-hydroxylation sites is 1. The number of guanidine groups is 1. The molecule has 0 amide bonds. The van der Waals surface area contributed by atoms with Gasteiger partial charge in [0.05, 0.1) is 6.54 Å². The quantitative estimate of drug-likeness (QED) is 0.567. The van der Waals surface area contributed by atoms with Gasteiger partial charge < -0.3 is 15.4 Å². The number of aliphatic imine (C=N–C) groups is 1.